The molecule has 3 aromatic carbocycles. The zero-order valence-electron chi connectivity index (χ0n) is 16.5. The predicted octanol–water partition coefficient (Wildman–Crippen LogP) is 5.99. The van der Waals surface area contributed by atoms with Crippen LogP contribution in [0.1, 0.15) is 39.7 Å². The minimum Gasteiger partial charge on any atom is -0.476 e. The van der Waals surface area contributed by atoms with Crippen LogP contribution in [-0.4, -0.2) is 9.78 Å². The Hall–Kier alpha value is -3.59. The summed E-state index contributed by atoms with van der Waals surface area (Å²) in [6, 6.07) is 31.0. The Balaban J connectivity index is 1.82. The van der Waals surface area contributed by atoms with Gasteiger partial charge in [0.2, 0.25) is 0 Å². The molecule has 0 N–H and O–H groups in total. The monoisotopic (exact) mass is 378 g/mol. The summed E-state index contributed by atoms with van der Waals surface area (Å²) >= 11 is 0. The first-order valence-electron chi connectivity index (χ1n) is 9.87. The standard InChI is InChI=1S/C26H22N2O/c1-18-19(2)27-28-23(18)25(21-14-8-4-9-15-21)29-26(22-16-10-5-11-17-22)24(28)20-12-6-3-7-13-20/h3-17,25H,1-2H3. The lowest BCUT2D eigenvalue weighted by atomic mass is 9.98. The van der Waals surface area contributed by atoms with Gasteiger partial charge in [0.05, 0.1) is 11.4 Å². The second-order valence-corrected chi connectivity index (χ2v) is 7.33. The maximum atomic E-state index is 6.77. The molecule has 1 aliphatic rings. The van der Waals surface area contributed by atoms with Crippen molar-refractivity contribution >= 4 is 11.5 Å². The van der Waals surface area contributed by atoms with E-state index in [4.69, 9.17) is 9.84 Å². The summed E-state index contributed by atoms with van der Waals surface area (Å²) in [5, 5.41) is 4.94. The van der Waals surface area contributed by atoms with Crippen molar-refractivity contribution < 1.29 is 4.74 Å². The van der Waals surface area contributed by atoms with Crippen LogP contribution in [0.2, 0.25) is 0 Å². The minimum absolute atomic E-state index is 0.208. The predicted molar refractivity (Wildman–Crippen MR) is 116 cm³/mol. The van der Waals surface area contributed by atoms with Gasteiger partial charge in [0.1, 0.15) is 5.70 Å². The van der Waals surface area contributed by atoms with Crippen LogP contribution < -0.4 is 0 Å². The molecule has 0 aliphatic carbocycles. The second kappa shape index (κ2) is 7.10. The maximum absolute atomic E-state index is 6.77. The third-order valence-electron chi connectivity index (χ3n) is 5.50. The highest BCUT2D eigenvalue weighted by Crippen LogP contribution is 2.43. The van der Waals surface area contributed by atoms with Crippen molar-refractivity contribution in [3.63, 3.8) is 0 Å². The van der Waals surface area contributed by atoms with Crippen LogP contribution in [0.25, 0.3) is 11.5 Å². The summed E-state index contributed by atoms with van der Waals surface area (Å²) < 4.78 is 8.85. The molecule has 1 aliphatic heterocycles. The molecule has 0 radical (unpaired) electrons. The Morgan fingerprint density at radius 3 is 1.90 bits per heavy atom. The Kier molecular flexibility index (Phi) is 4.28. The lowest BCUT2D eigenvalue weighted by molar-refractivity contribution is 0.191. The molecule has 0 saturated heterocycles. The van der Waals surface area contributed by atoms with Gasteiger partial charge in [-0.2, -0.15) is 5.10 Å². The zero-order chi connectivity index (χ0) is 19.8. The number of hydrogen-bond donors (Lipinski definition) is 0. The fraction of sp³-hybridized carbons (Fsp3) is 0.115. The van der Waals surface area contributed by atoms with E-state index in [1.807, 2.05) is 30.3 Å². The van der Waals surface area contributed by atoms with Gasteiger partial charge in [-0.1, -0.05) is 91.0 Å². The van der Waals surface area contributed by atoms with Gasteiger partial charge in [0.25, 0.3) is 0 Å². The van der Waals surface area contributed by atoms with Gasteiger partial charge in [-0.05, 0) is 25.0 Å². The molecule has 0 saturated carbocycles. The number of rotatable bonds is 3. The van der Waals surface area contributed by atoms with Crippen LogP contribution in [0.4, 0.5) is 0 Å². The van der Waals surface area contributed by atoms with E-state index in [9.17, 15) is 0 Å². The number of fused-ring (bicyclic) bond motifs is 1. The van der Waals surface area contributed by atoms with Crippen molar-refractivity contribution in [2.45, 2.75) is 20.0 Å². The first-order valence-corrected chi connectivity index (χ1v) is 9.87. The third-order valence-corrected chi connectivity index (χ3v) is 5.50. The van der Waals surface area contributed by atoms with Crippen molar-refractivity contribution in [1.29, 1.82) is 0 Å². The average Bonchev–Trinajstić information content (AvgIpc) is 3.08. The van der Waals surface area contributed by atoms with Crippen LogP contribution in [0.5, 0.6) is 0 Å². The van der Waals surface area contributed by atoms with E-state index < -0.39 is 0 Å². The third kappa shape index (κ3) is 2.95. The topological polar surface area (TPSA) is 27.1 Å². The minimum atomic E-state index is -0.208. The van der Waals surface area contributed by atoms with Gasteiger partial charge in [-0.15, -0.1) is 0 Å². The average molecular weight is 378 g/mol. The highest BCUT2D eigenvalue weighted by Gasteiger charge is 2.34. The molecule has 142 valence electrons. The summed E-state index contributed by atoms with van der Waals surface area (Å²) in [6.45, 7) is 4.19. The summed E-state index contributed by atoms with van der Waals surface area (Å²) in [6.07, 6.45) is -0.208. The molecule has 3 nitrogen and oxygen atoms in total. The SMILES string of the molecule is Cc1nn2c(c1C)C(c1ccccc1)OC(c1ccccc1)=C2c1ccccc1. The van der Waals surface area contributed by atoms with Crippen LogP contribution in [-0.2, 0) is 4.74 Å². The fourth-order valence-electron chi connectivity index (χ4n) is 3.92. The van der Waals surface area contributed by atoms with Crippen LogP contribution in [0.15, 0.2) is 91.0 Å². The molecule has 29 heavy (non-hydrogen) atoms. The molecule has 1 aromatic heterocycles. The summed E-state index contributed by atoms with van der Waals surface area (Å²) in [4.78, 5) is 0. The number of hydrogen-bond acceptors (Lipinski definition) is 2. The number of ether oxygens (including phenoxy) is 1. The van der Waals surface area contributed by atoms with Crippen molar-refractivity contribution in [3.05, 3.63) is 125 Å². The molecule has 2 heterocycles. The molecule has 4 aromatic rings. The largest absolute Gasteiger partial charge is 0.476 e. The molecule has 3 heteroatoms. The molecule has 1 unspecified atom stereocenters. The molecular weight excluding hydrogens is 356 g/mol. The number of aryl methyl sites for hydroxylation is 1. The van der Waals surface area contributed by atoms with Gasteiger partial charge in [-0.3, -0.25) is 0 Å². The number of benzene rings is 3. The highest BCUT2D eigenvalue weighted by atomic mass is 16.5. The molecule has 0 amide bonds. The van der Waals surface area contributed by atoms with E-state index in [-0.39, 0.29) is 6.10 Å². The Morgan fingerprint density at radius 1 is 0.724 bits per heavy atom. The van der Waals surface area contributed by atoms with Gasteiger partial charge < -0.3 is 4.74 Å². The van der Waals surface area contributed by atoms with Gasteiger partial charge in [-0.25, -0.2) is 4.68 Å². The highest BCUT2D eigenvalue weighted by molar-refractivity contribution is 5.89. The summed E-state index contributed by atoms with van der Waals surface area (Å²) in [5.41, 5.74) is 7.51. The zero-order valence-corrected chi connectivity index (χ0v) is 16.5. The summed E-state index contributed by atoms with van der Waals surface area (Å²) in [5.74, 6) is 0.848. The number of aromatic nitrogens is 2. The molecular formula is C26H22N2O. The van der Waals surface area contributed by atoms with E-state index in [0.29, 0.717) is 0 Å². The van der Waals surface area contributed by atoms with Crippen LogP contribution in [0, 0.1) is 13.8 Å². The Bertz CT molecular complexity index is 1180. The van der Waals surface area contributed by atoms with Crippen molar-refractivity contribution in [2.24, 2.45) is 0 Å². The number of nitrogens with zero attached hydrogens (tertiary/aromatic N) is 2. The smallest absolute Gasteiger partial charge is 0.166 e. The quantitative estimate of drug-likeness (QED) is 0.438. The second-order valence-electron chi connectivity index (χ2n) is 7.33. The lowest BCUT2D eigenvalue weighted by Crippen LogP contribution is -2.21. The van der Waals surface area contributed by atoms with E-state index in [1.165, 1.54) is 5.56 Å². The molecule has 5 rings (SSSR count). The van der Waals surface area contributed by atoms with Crippen molar-refractivity contribution in [1.82, 2.24) is 9.78 Å². The normalized spacial score (nSPS) is 15.7. The van der Waals surface area contributed by atoms with Gasteiger partial charge in [0.15, 0.2) is 11.9 Å². The van der Waals surface area contributed by atoms with E-state index >= 15 is 0 Å². The Morgan fingerprint density at radius 2 is 1.28 bits per heavy atom. The van der Waals surface area contributed by atoms with Crippen molar-refractivity contribution in [3.8, 4) is 0 Å². The van der Waals surface area contributed by atoms with E-state index in [0.717, 1.165) is 39.5 Å². The fourth-order valence-corrected chi connectivity index (χ4v) is 3.92. The molecule has 0 fully saturated rings. The van der Waals surface area contributed by atoms with E-state index in [2.05, 4.69) is 79.2 Å². The van der Waals surface area contributed by atoms with Crippen LogP contribution >= 0.6 is 0 Å². The molecule has 0 spiro atoms. The molecule has 0 bridgehead atoms. The van der Waals surface area contributed by atoms with Gasteiger partial charge in [0, 0.05) is 11.1 Å². The maximum Gasteiger partial charge on any atom is 0.166 e. The van der Waals surface area contributed by atoms with E-state index in [1.54, 1.807) is 0 Å². The first-order chi connectivity index (χ1) is 14.2. The van der Waals surface area contributed by atoms with Gasteiger partial charge >= 0.3 is 0 Å². The van der Waals surface area contributed by atoms with Crippen molar-refractivity contribution in [2.75, 3.05) is 0 Å². The first kappa shape index (κ1) is 17.5. The lowest BCUT2D eigenvalue weighted by Gasteiger charge is -2.31. The summed E-state index contributed by atoms with van der Waals surface area (Å²) in [7, 11) is 0. The Labute approximate surface area is 170 Å². The molecule has 1 atom stereocenters. The van der Waals surface area contributed by atoms with Crippen LogP contribution in [0.3, 0.4) is 0 Å².